The standard InChI is InChI=1S/C19H20N4O/c1-12-17-18(22-21-12)15-11-14(6-5-13-3-4-13)7-8-16(15)23(19(17)24)10-2-9-20/h7-8,11,13H,2-4,9-10,20H2,1H3,(H,21,22). The van der Waals surface area contributed by atoms with Gasteiger partial charge in [-0.3, -0.25) is 9.89 Å². The summed E-state index contributed by atoms with van der Waals surface area (Å²) in [7, 11) is 0. The maximum Gasteiger partial charge on any atom is 0.262 e. The van der Waals surface area contributed by atoms with Crippen molar-refractivity contribution in [2.24, 2.45) is 11.7 Å². The van der Waals surface area contributed by atoms with Crippen LogP contribution in [0, 0.1) is 24.7 Å². The summed E-state index contributed by atoms with van der Waals surface area (Å²) >= 11 is 0. The summed E-state index contributed by atoms with van der Waals surface area (Å²) in [5.74, 6) is 7.10. The molecule has 0 amide bonds. The van der Waals surface area contributed by atoms with E-state index in [4.69, 9.17) is 5.73 Å². The zero-order valence-corrected chi connectivity index (χ0v) is 13.7. The molecule has 1 aromatic carbocycles. The number of hydrogen-bond donors (Lipinski definition) is 2. The van der Waals surface area contributed by atoms with Crippen LogP contribution in [0.1, 0.15) is 30.5 Å². The minimum atomic E-state index is -0.00554. The molecule has 5 nitrogen and oxygen atoms in total. The van der Waals surface area contributed by atoms with Gasteiger partial charge in [0.25, 0.3) is 5.56 Å². The van der Waals surface area contributed by atoms with Gasteiger partial charge < -0.3 is 10.3 Å². The van der Waals surface area contributed by atoms with Gasteiger partial charge in [0, 0.05) is 29.1 Å². The first-order valence-corrected chi connectivity index (χ1v) is 8.42. The lowest BCUT2D eigenvalue weighted by Gasteiger charge is -2.11. The minimum absolute atomic E-state index is 0.00554. The normalized spacial score (nSPS) is 14.1. The van der Waals surface area contributed by atoms with E-state index in [1.54, 1.807) is 0 Å². The number of nitrogens with zero attached hydrogens (tertiary/aromatic N) is 2. The Bertz CT molecular complexity index is 1040. The smallest absolute Gasteiger partial charge is 0.262 e. The molecule has 122 valence electrons. The predicted octanol–water partition coefficient (Wildman–Crippen LogP) is 2.30. The van der Waals surface area contributed by atoms with Crippen LogP contribution >= 0.6 is 0 Å². The fourth-order valence-corrected chi connectivity index (χ4v) is 3.05. The molecule has 0 atom stereocenters. The lowest BCUT2D eigenvalue weighted by molar-refractivity contribution is 0.654. The van der Waals surface area contributed by atoms with E-state index in [-0.39, 0.29) is 5.56 Å². The molecular weight excluding hydrogens is 300 g/mol. The van der Waals surface area contributed by atoms with Gasteiger partial charge >= 0.3 is 0 Å². The van der Waals surface area contributed by atoms with Crippen molar-refractivity contribution >= 4 is 21.8 Å². The summed E-state index contributed by atoms with van der Waals surface area (Å²) < 4.78 is 1.81. The highest BCUT2D eigenvalue weighted by molar-refractivity contribution is 6.04. The number of aromatic amines is 1. The first-order chi connectivity index (χ1) is 11.7. The van der Waals surface area contributed by atoms with Gasteiger partial charge in [-0.1, -0.05) is 11.8 Å². The molecule has 0 aliphatic heterocycles. The number of benzene rings is 1. The summed E-state index contributed by atoms with van der Waals surface area (Å²) in [6.07, 6.45) is 3.19. The second kappa shape index (κ2) is 5.81. The zero-order valence-electron chi connectivity index (χ0n) is 13.7. The highest BCUT2D eigenvalue weighted by atomic mass is 16.1. The Balaban J connectivity index is 1.98. The van der Waals surface area contributed by atoms with Crippen molar-refractivity contribution in [1.29, 1.82) is 0 Å². The third-order valence-corrected chi connectivity index (χ3v) is 4.53. The molecule has 1 aliphatic carbocycles. The quantitative estimate of drug-likeness (QED) is 0.727. The highest BCUT2D eigenvalue weighted by Gasteiger charge is 2.18. The van der Waals surface area contributed by atoms with Crippen molar-refractivity contribution in [1.82, 2.24) is 14.8 Å². The molecule has 2 aromatic heterocycles. The van der Waals surface area contributed by atoms with Crippen LogP contribution < -0.4 is 11.3 Å². The number of H-pyrrole nitrogens is 1. The number of pyridine rings is 1. The Kier molecular flexibility index (Phi) is 3.62. The molecule has 3 N–H and O–H groups in total. The molecule has 0 bridgehead atoms. The zero-order chi connectivity index (χ0) is 16.7. The molecular formula is C19H20N4O. The van der Waals surface area contributed by atoms with Crippen LogP contribution in [0.5, 0.6) is 0 Å². The fraction of sp³-hybridized carbons (Fsp3) is 0.368. The molecule has 5 heteroatoms. The number of rotatable bonds is 3. The summed E-state index contributed by atoms with van der Waals surface area (Å²) in [6.45, 7) is 3.05. The third kappa shape index (κ3) is 2.49. The highest BCUT2D eigenvalue weighted by Crippen LogP contribution is 2.28. The average molecular weight is 320 g/mol. The summed E-state index contributed by atoms with van der Waals surface area (Å²) in [6, 6.07) is 6.01. The maximum atomic E-state index is 12.9. The van der Waals surface area contributed by atoms with Crippen LogP contribution in [0.3, 0.4) is 0 Å². The van der Waals surface area contributed by atoms with Crippen molar-refractivity contribution in [2.45, 2.75) is 32.7 Å². The fourth-order valence-electron chi connectivity index (χ4n) is 3.05. The van der Waals surface area contributed by atoms with Gasteiger partial charge in [-0.25, -0.2) is 0 Å². The topological polar surface area (TPSA) is 76.7 Å². The molecule has 0 unspecified atom stereocenters. The van der Waals surface area contributed by atoms with Gasteiger partial charge in [-0.2, -0.15) is 5.10 Å². The Labute approximate surface area is 139 Å². The van der Waals surface area contributed by atoms with Crippen LogP contribution in [0.4, 0.5) is 0 Å². The van der Waals surface area contributed by atoms with Crippen LogP contribution in [0.25, 0.3) is 21.8 Å². The molecule has 4 rings (SSSR count). The second-order valence-corrected chi connectivity index (χ2v) is 6.45. The minimum Gasteiger partial charge on any atom is -0.330 e. The number of hydrogen-bond acceptors (Lipinski definition) is 3. The summed E-state index contributed by atoms with van der Waals surface area (Å²) in [5.41, 5.74) is 9.03. The maximum absolute atomic E-state index is 12.9. The largest absolute Gasteiger partial charge is 0.330 e. The van der Waals surface area contributed by atoms with Gasteiger partial charge in [0.1, 0.15) is 5.52 Å². The van der Waals surface area contributed by atoms with Crippen molar-refractivity contribution in [3.05, 3.63) is 39.8 Å². The summed E-state index contributed by atoms with van der Waals surface area (Å²) in [5, 5.41) is 8.94. The SMILES string of the molecule is Cc1[nH]nc2c1c(=O)n(CCCN)c1ccc(C#CC3CC3)cc21. The number of nitrogens with one attached hydrogen (secondary N) is 1. The molecule has 2 heterocycles. The Morgan fingerprint density at radius 1 is 1.42 bits per heavy atom. The first-order valence-electron chi connectivity index (χ1n) is 8.42. The van der Waals surface area contributed by atoms with Crippen molar-refractivity contribution in [2.75, 3.05) is 6.54 Å². The van der Waals surface area contributed by atoms with Crippen LogP contribution in [0.15, 0.2) is 23.0 Å². The molecule has 0 spiro atoms. The Morgan fingerprint density at radius 2 is 2.25 bits per heavy atom. The van der Waals surface area contributed by atoms with E-state index in [2.05, 4.69) is 22.0 Å². The van der Waals surface area contributed by atoms with Gasteiger partial charge in [-0.15, -0.1) is 0 Å². The first kappa shape index (κ1) is 15.0. The van der Waals surface area contributed by atoms with Crippen molar-refractivity contribution in [3.8, 4) is 11.8 Å². The van der Waals surface area contributed by atoms with Crippen molar-refractivity contribution in [3.63, 3.8) is 0 Å². The lowest BCUT2D eigenvalue weighted by atomic mass is 10.1. The number of aromatic nitrogens is 3. The van der Waals surface area contributed by atoms with E-state index in [0.717, 1.165) is 34.1 Å². The van der Waals surface area contributed by atoms with Crippen LogP contribution in [-0.2, 0) is 6.54 Å². The number of fused-ring (bicyclic) bond motifs is 3. The second-order valence-electron chi connectivity index (χ2n) is 6.45. The van der Waals surface area contributed by atoms with Gasteiger partial charge in [0.2, 0.25) is 0 Å². The van der Waals surface area contributed by atoms with E-state index >= 15 is 0 Å². The molecule has 0 saturated heterocycles. The monoisotopic (exact) mass is 320 g/mol. The number of nitrogens with two attached hydrogens (primary N) is 1. The Hall–Kier alpha value is -2.58. The molecule has 1 saturated carbocycles. The molecule has 1 fully saturated rings. The van der Waals surface area contributed by atoms with Crippen LogP contribution in [0.2, 0.25) is 0 Å². The van der Waals surface area contributed by atoms with Crippen molar-refractivity contribution < 1.29 is 0 Å². The average Bonchev–Trinajstić information content (AvgIpc) is 3.34. The van der Waals surface area contributed by atoms with E-state index in [9.17, 15) is 4.79 Å². The van der Waals surface area contributed by atoms with E-state index in [0.29, 0.717) is 24.4 Å². The number of aryl methyl sites for hydroxylation is 2. The molecule has 24 heavy (non-hydrogen) atoms. The van der Waals surface area contributed by atoms with Crippen LogP contribution in [-0.4, -0.2) is 21.3 Å². The predicted molar refractivity (Wildman–Crippen MR) is 95.9 cm³/mol. The third-order valence-electron chi connectivity index (χ3n) is 4.53. The molecule has 3 aromatic rings. The molecule has 0 radical (unpaired) electrons. The van der Waals surface area contributed by atoms with Gasteiger partial charge in [0.15, 0.2) is 0 Å². The molecule has 1 aliphatic rings. The van der Waals surface area contributed by atoms with Gasteiger partial charge in [0.05, 0.1) is 10.9 Å². The Morgan fingerprint density at radius 3 is 3.00 bits per heavy atom. The van der Waals surface area contributed by atoms with E-state index < -0.39 is 0 Å². The van der Waals surface area contributed by atoms with E-state index in [1.165, 1.54) is 12.8 Å². The lowest BCUT2D eigenvalue weighted by Crippen LogP contribution is -2.22. The van der Waals surface area contributed by atoms with E-state index in [1.807, 2.05) is 29.7 Å². The van der Waals surface area contributed by atoms with Gasteiger partial charge in [-0.05, 0) is 50.9 Å². The summed E-state index contributed by atoms with van der Waals surface area (Å²) in [4.78, 5) is 12.9.